The van der Waals surface area contributed by atoms with Crippen molar-refractivity contribution in [3.05, 3.63) is 100 Å². The fraction of sp³-hybridized carbons (Fsp3) is 0.333. The first-order chi connectivity index (χ1) is 20.2. The summed E-state index contributed by atoms with van der Waals surface area (Å²) in [6.07, 6.45) is 1.72. The second-order valence-electron chi connectivity index (χ2n) is 11.3. The van der Waals surface area contributed by atoms with E-state index in [0.29, 0.717) is 37.7 Å². The maximum absolute atomic E-state index is 11.6. The number of ether oxygens (including phenoxy) is 1. The molecule has 4 aromatic rings. The molecule has 0 amide bonds. The summed E-state index contributed by atoms with van der Waals surface area (Å²) in [5.41, 5.74) is 4.19. The van der Waals surface area contributed by atoms with Crippen LogP contribution >= 0.6 is 12.4 Å². The number of aliphatic carboxylic acids is 1. The van der Waals surface area contributed by atoms with Gasteiger partial charge in [0.05, 0.1) is 11.9 Å². The van der Waals surface area contributed by atoms with Crippen LogP contribution in [0.5, 0.6) is 11.5 Å². The number of benzene rings is 3. The zero-order valence-corrected chi connectivity index (χ0v) is 27.4. The molecule has 9 nitrogen and oxygen atoms in total. The molecule has 1 aromatic heterocycles. The summed E-state index contributed by atoms with van der Waals surface area (Å²) in [7, 11) is -3.59. The van der Waals surface area contributed by atoms with Crippen molar-refractivity contribution in [1.29, 1.82) is 0 Å². The van der Waals surface area contributed by atoms with Gasteiger partial charge in [0.2, 0.25) is 5.89 Å². The van der Waals surface area contributed by atoms with E-state index in [1.54, 1.807) is 12.1 Å². The lowest BCUT2D eigenvalue weighted by molar-refractivity contribution is -0.152. The van der Waals surface area contributed by atoms with Gasteiger partial charge in [0.1, 0.15) is 17.3 Å². The summed E-state index contributed by atoms with van der Waals surface area (Å²) in [4.78, 5) is 18.7. The molecule has 0 radical (unpaired) electrons. The van der Waals surface area contributed by atoms with Crippen LogP contribution < -0.4 is 8.92 Å². The molecule has 0 bridgehead atoms. The van der Waals surface area contributed by atoms with Crippen LogP contribution in [0.4, 0.5) is 0 Å². The number of aryl methyl sites for hydroxylation is 3. The first-order valence-electron chi connectivity index (χ1n) is 13.9. The van der Waals surface area contributed by atoms with E-state index in [1.165, 1.54) is 13.8 Å². The third kappa shape index (κ3) is 9.32. The van der Waals surface area contributed by atoms with Crippen molar-refractivity contribution in [2.24, 2.45) is 0 Å². The summed E-state index contributed by atoms with van der Waals surface area (Å²) in [5, 5.41) is 9.53. The lowest BCUT2D eigenvalue weighted by Gasteiger charge is -2.26. The van der Waals surface area contributed by atoms with E-state index in [2.05, 4.69) is 4.90 Å². The Labute approximate surface area is 265 Å². The molecule has 0 spiro atoms. The number of nitrogens with zero attached hydrogens (tertiary/aromatic N) is 2. The third-order valence-corrected chi connectivity index (χ3v) is 7.47. The topological polar surface area (TPSA) is 119 Å². The zero-order valence-electron chi connectivity index (χ0n) is 25.8. The minimum atomic E-state index is -3.59. The van der Waals surface area contributed by atoms with Crippen LogP contribution in [0.3, 0.4) is 0 Å². The summed E-state index contributed by atoms with van der Waals surface area (Å²) < 4.78 is 39.8. The number of carboxylic acid groups (broad SMARTS) is 1. The van der Waals surface area contributed by atoms with Crippen molar-refractivity contribution in [3.8, 4) is 23.0 Å². The first-order valence-corrected chi connectivity index (χ1v) is 15.8. The van der Waals surface area contributed by atoms with Crippen LogP contribution in [0.15, 0.2) is 71.1 Å². The van der Waals surface area contributed by atoms with Crippen molar-refractivity contribution in [1.82, 2.24) is 9.88 Å². The molecule has 11 heteroatoms. The highest BCUT2D eigenvalue weighted by Crippen LogP contribution is 2.30. The molecule has 44 heavy (non-hydrogen) atoms. The Kier molecular flexibility index (Phi) is 11.2. The molecule has 0 saturated heterocycles. The lowest BCUT2D eigenvalue weighted by atomic mass is 10.0. The van der Waals surface area contributed by atoms with Crippen molar-refractivity contribution in [2.45, 2.75) is 59.7 Å². The van der Waals surface area contributed by atoms with Gasteiger partial charge in [0, 0.05) is 25.2 Å². The van der Waals surface area contributed by atoms with E-state index in [4.69, 9.17) is 18.3 Å². The van der Waals surface area contributed by atoms with Crippen LogP contribution in [0, 0.1) is 20.8 Å². The van der Waals surface area contributed by atoms with Crippen molar-refractivity contribution in [3.63, 3.8) is 0 Å². The van der Waals surface area contributed by atoms with Gasteiger partial charge >= 0.3 is 16.1 Å². The summed E-state index contributed by atoms with van der Waals surface area (Å²) >= 11 is 0. The van der Waals surface area contributed by atoms with Crippen molar-refractivity contribution < 1.29 is 31.7 Å². The minimum Gasteiger partial charge on any atom is -0.478 e. The Hall–Kier alpha value is -3.86. The van der Waals surface area contributed by atoms with E-state index < -0.39 is 21.7 Å². The van der Waals surface area contributed by atoms with Crippen LogP contribution in [-0.2, 0) is 34.4 Å². The molecule has 0 aliphatic carbocycles. The second kappa shape index (κ2) is 14.3. The number of aromatic nitrogens is 1. The van der Waals surface area contributed by atoms with Gasteiger partial charge in [-0.05, 0) is 87.6 Å². The number of hydrogen-bond acceptors (Lipinski definition) is 8. The smallest absolute Gasteiger partial charge is 0.347 e. The molecule has 0 aliphatic heterocycles. The Morgan fingerprint density at radius 2 is 1.57 bits per heavy atom. The standard InChI is InChI=1S/C33H38N2O7S.ClH/c1-22-18-26(19-23(2)30(22)41-33(4,5)32(36)37)20-35(17-16-25-12-14-28(15-13-25)42-43(6,38)39)21-29-24(3)40-31(34-29)27-10-8-7-9-11-27;/h7-15,18-19H,16-17,20-21H2,1-6H3,(H,36,37);1H. The quantitative estimate of drug-likeness (QED) is 0.163. The lowest BCUT2D eigenvalue weighted by Crippen LogP contribution is -2.38. The summed E-state index contributed by atoms with van der Waals surface area (Å²) in [6, 6.07) is 20.8. The highest BCUT2D eigenvalue weighted by molar-refractivity contribution is 7.86. The molecular formula is C33H39ClN2O7S. The molecular weight excluding hydrogens is 604 g/mol. The summed E-state index contributed by atoms with van der Waals surface area (Å²) in [6.45, 7) is 10.7. The van der Waals surface area contributed by atoms with Gasteiger partial charge in [-0.1, -0.05) is 42.5 Å². The SMILES string of the molecule is Cc1cc(CN(CCc2ccc(OS(C)(=O)=O)cc2)Cc2nc(-c3ccccc3)oc2C)cc(C)c1OC(C)(C)C(=O)O.Cl. The van der Waals surface area contributed by atoms with Crippen LogP contribution in [0.25, 0.3) is 11.5 Å². The average Bonchev–Trinajstić information content (AvgIpc) is 3.29. The van der Waals surface area contributed by atoms with Crippen molar-refractivity contribution >= 4 is 28.5 Å². The van der Waals surface area contributed by atoms with Gasteiger partial charge in [-0.15, -0.1) is 12.4 Å². The molecule has 0 fully saturated rings. The molecule has 3 aromatic carbocycles. The fourth-order valence-corrected chi connectivity index (χ4v) is 5.19. The van der Waals surface area contributed by atoms with E-state index in [-0.39, 0.29) is 18.2 Å². The minimum absolute atomic E-state index is 0. The van der Waals surface area contributed by atoms with Crippen LogP contribution in [0.2, 0.25) is 0 Å². The zero-order chi connectivity index (χ0) is 31.4. The number of rotatable bonds is 13. The Morgan fingerprint density at radius 3 is 2.14 bits per heavy atom. The first kappa shape index (κ1) is 34.6. The van der Waals surface area contributed by atoms with E-state index in [1.807, 2.05) is 75.4 Å². The normalized spacial score (nSPS) is 11.7. The third-order valence-electron chi connectivity index (χ3n) is 6.97. The molecule has 1 heterocycles. The molecule has 0 aliphatic rings. The Morgan fingerprint density at radius 1 is 0.955 bits per heavy atom. The van der Waals surface area contributed by atoms with Gasteiger partial charge in [0.25, 0.3) is 0 Å². The molecule has 4 rings (SSSR count). The number of oxazole rings is 1. The van der Waals surface area contributed by atoms with Gasteiger partial charge < -0.3 is 18.4 Å². The number of halogens is 1. The number of carboxylic acids is 1. The molecule has 236 valence electrons. The second-order valence-corrected chi connectivity index (χ2v) is 12.8. The number of carbonyl (C=O) groups is 1. The predicted octanol–water partition coefficient (Wildman–Crippen LogP) is 6.51. The monoisotopic (exact) mass is 642 g/mol. The van der Waals surface area contributed by atoms with E-state index in [0.717, 1.165) is 45.5 Å². The number of hydrogen-bond donors (Lipinski definition) is 1. The Balaban J connectivity index is 0.00000529. The van der Waals surface area contributed by atoms with Gasteiger partial charge in [-0.2, -0.15) is 8.42 Å². The molecule has 0 atom stereocenters. The van der Waals surface area contributed by atoms with E-state index >= 15 is 0 Å². The molecule has 0 unspecified atom stereocenters. The maximum Gasteiger partial charge on any atom is 0.347 e. The van der Waals surface area contributed by atoms with Crippen LogP contribution in [0.1, 0.15) is 47.6 Å². The maximum atomic E-state index is 11.6. The van der Waals surface area contributed by atoms with Gasteiger partial charge in [-0.3, -0.25) is 4.90 Å². The summed E-state index contributed by atoms with van der Waals surface area (Å²) in [5.74, 6) is 1.13. The highest BCUT2D eigenvalue weighted by Gasteiger charge is 2.30. The molecule has 0 saturated carbocycles. The largest absolute Gasteiger partial charge is 0.478 e. The molecule has 1 N–H and O–H groups in total. The highest BCUT2D eigenvalue weighted by atomic mass is 35.5. The average molecular weight is 643 g/mol. The van der Waals surface area contributed by atoms with Crippen LogP contribution in [-0.4, -0.2) is 47.8 Å². The fourth-order valence-electron chi connectivity index (χ4n) is 4.73. The van der Waals surface area contributed by atoms with Crippen molar-refractivity contribution in [2.75, 3.05) is 12.8 Å². The predicted molar refractivity (Wildman–Crippen MR) is 172 cm³/mol. The van der Waals surface area contributed by atoms with Gasteiger partial charge in [-0.25, -0.2) is 9.78 Å². The van der Waals surface area contributed by atoms with E-state index in [9.17, 15) is 18.3 Å². The Bertz CT molecular complexity index is 1660. The van der Waals surface area contributed by atoms with Gasteiger partial charge in [0.15, 0.2) is 5.60 Å².